The number of allylic oxidation sites excluding steroid dienone is 13. The molecule has 0 aliphatic rings. The van der Waals surface area contributed by atoms with Crippen molar-refractivity contribution in [3.8, 4) is 0 Å². The highest BCUT2D eigenvalue weighted by molar-refractivity contribution is 5.20. The van der Waals surface area contributed by atoms with Gasteiger partial charge in [-0.1, -0.05) is 105 Å². The lowest BCUT2D eigenvalue weighted by Crippen LogP contribution is -1.69. The fourth-order valence-corrected chi connectivity index (χ4v) is 1.34. The lowest BCUT2D eigenvalue weighted by atomic mass is 10.2. The van der Waals surface area contributed by atoms with E-state index < -0.39 is 0 Å². The van der Waals surface area contributed by atoms with Gasteiger partial charge in [-0.25, -0.2) is 0 Å². The van der Waals surface area contributed by atoms with Crippen LogP contribution in [0.25, 0.3) is 0 Å². The molecule has 0 spiro atoms. The van der Waals surface area contributed by atoms with E-state index in [1.54, 1.807) is 6.08 Å². The molecule has 0 aliphatic carbocycles. The van der Waals surface area contributed by atoms with Crippen LogP contribution >= 0.6 is 0 Å². The third-order valence-electron chi connectivity index (χ3n) is 2.36. The van der Waals surface area contributed by atoms with Crippen molar-refractivity contribution in [2.75, 3.05) is 0 Å². The molecule has 0 bridgehead atoms. The third-order valence-corrected chi connectivity index (χ3v) is 2.36. The van der Waals surface area contributed by atoms with Gasteiger partial charge in [-0.15, -0.1) is 0 Å². The summed E-state index contributed by atoms with van der Waals surface area (Å²) < 4.78 is 0. The second-order valence-electron chi connectivity index (χ2n) is 4.08. The molecular formula is C19H26. The van der Waals surface area contributed by atoms with Crippen LogP contribution < -0.4 is 0 Å². The zero-order valence-electron chi connectivity index (χ0n) is 12.0. The average Bonchev–Trinajstić information content (AvgIpc) is 2.43. The van der Waals surface area contributed by atoms with E-state index in [-0.39, 0.29) is 0 Å². The topological polar surface area (TPSA) is 0 Å². The molecule has 0 rings (SSSR count). The molecule has 0 heterocycles. The highest BCUT2D eigenvalue weighted by Crippen LogP contribution is 1.99. The first-order valence-electron chi connectivity index (χ1n) is 7.02. The summed E-state index contributed by atoms with van der Waals surface area (Å²) >= 11 is 0. The van der Waals surface area contributed by atoms with Crippen molar-refractivity contribution >= 4 is 0 Å². The van der Waals surface area contributed by atoms with Crippen molar-refractivity contribution in [3.05, 3.63) is 85.6 Å². The molecule has 0 saturated carbocycles. The van der Waals surface area contributed by atoms with Crippen LogP contribution in [0.5, 0.6) is 0 Å². The van der Waals surface area contributed by atoms with E-state index in [2.05, 4.69) is 31.7 Å². The number of unbranched alkanes of at least 4 members (excludes halogenated alkanes) is 3. The summed E-state index contributed by atoms with van der Waals surface area (Å²) in [5, 5.41) is 0. The van der Waals surface area contributed by atoms with E-state index in [1.807, 2.05) is 54.7 Å². The van der Waals surface area contributed by atoms with Crippen molar-refractivity contribution in [3.63, 3.8) is 0 Å². The number of hydrogen-bond acceptors (Lipinski definition) is 0. The fraction of sp³-hybridized carbons (Fsp3) is 0.263. The van der Waals surface area contributed by atoms with Crippen molar-refractivity contribution < 1.29 is 0 Å². The van der Waals surface area contributed by atoms with Crippen LogP contribution in [0.2, 0.25) is 0 Å². The van der Waals surface area contributed by atoms with Crippen LogP contribution in [0.4, 0.5) is 0 Å². The molecule has 0 amide bonds. The molecule has 102 valence electrons. The first-order chi connectivity index (χ1) is 9.41. The maximum atomic E-state index is 3.60. The summed E-state index contributed by atoms with van der Waals surface area (Å²) in [5.41, 5.74) is 0. The first-order valence-corrected chi connectivity index (χ1v) is 7.02. The Bertz CT molecular complexity index is 359. The fourth-order valence-electron chi connectivity index (χ4n) is 1.34. The SMILES string of the molecule is C=C/C=C/C=C/C=C/C=C/C=C/C=C/CCCCC. The maximum absolute atomic E-state index is 3.60. The van der Waals surface area contributed by atoms with E-state index in [0.29, 0.717) is 0 Å². The van der Waals surface area contributed by atoms with Gasteiger partial charge in [-0.2, -0.15) is 0 Å². The quantitative estimate of drug-likeness (QED) is 0.327. The van der Waals surface area contributed by atoms with E-state index in [1.165, 1.54) is 25.7 Å². The summed E-state index contributed by atoms with van der Waals surface area (Å²) in [5.74, 6) is 0. The Balaban J connectivity index is 3.66. The Hall–Kier alpha value is -1.82. The molecule has 0 fully saturated rings. The molecule has 0 N–H and O–H groups in total. The lowest BCUT2D eigenvalue weighted by Gasteiger charge is -1.89. The van der Waals surface area contributed by atoms with Gasteiger partial charge >= 0.3 is 0 Å². The van der Waals surface area contributed by atoms with Crippen molar-refractivity contribution in [1.29, 1.82) is 0 Å². The minimum Gasteiger partial charge on any atom is -0.0991 e. The summed E-state index contributed by atoms with van der Waals surface area (Å²) in [6, 6.07) is 0. The van der Waals surface area contributed by atoms with Gasteiger partial charge in [0.2, 0.25) is 0 Å². The van der Waals surface area contributed by atoms with Gasteiger partial charge in [0.05, 0.1) is 0 Å². The van der Waals surface area contributed by atoms with Gasteiger partial charge in [-0.3, -0.25) is 0 Å². The Labute approximate surface area is 118 Å². The Morgan fingerprint density at radius 2 is 1.11 bits per heavy atom. The first kappa shape index (κ1) is 17.2. The van der Waals surface area contributed by atoms with E-state index in [9.17, 15) is 0 Å². The van der Waals surface area contributed by atoms with Gasteiger partial charge in [0.25, 0.3) is 0 Å². The summed E-state index contributed by atoms with van der Waals surface area (Å²) in [4.78, 5) is 0. The molecule has 0 aliphatic heterocycles. The average molecular weight is 254 g/mol. The Morgan fingerprint density at radius 1 is 0.632 bits per heavy atom. The van der Waals surface area contributed by atoms with Crippen LogP contribution in [0.1, 0.15) is 32.6 Å². The minimum absolute atomic E-state index is 1.19. The van der Waals surface area contributed by atoms with E-state index >= 15 is 0 Å². The van der Waals surface area contributed by atoms with Crippen molar-refractivity contribution in [2.24, 2.45) is 0 Å². The molecule has 0 atom stereocenters. The third kappa shape index (κ3) is 16.2. The zero-order valence-corrected chi connectivity index (χ0v) is 12.0. The molecule has 0 heteroatoms. The van der Waals surface area contributed by atoms with Gasteiger partial charge in [0, 0.05) is 0 Å². The van der Waals surface area contributed by atoms with Crippen LogP contribution in [-0.2, 0) is 0 Å². The maximum Gasteiger partial charge on any atom is -0.0348 e. The van der Waals surface area contributed by atoms with Crippen molar-refractivity contribution in [2.45, 2.75) is 32.6 Å². The normalized spacial score (nSPS) is 13.3. The second-order valence-corrected chi connectivity index (χ2v) is 4.08. The highest BCUT2D eigenvalue weighted by atomic mass is 13.9. The van der Waals surface area contributed by atoms with Gasteiger partial charge < -0.3 is 0 Å². The number of rotatable bonds is 10. The standard InChI is InChI=1S/C19H26/c1-3-5-7-9-11-13-15-17-19-18-16-14-12-10-8-6-4-2/h3,5,7,9,11-19H,1,4,6,8,10H2,2H3/b7-5+,11-9+,14-12+,15-13+,18-16+,19-17+. The molecule has 19 heavy (non-hydrogen) atoms. The van der Waals surface area contributed by atoms with E-state index in [0.717, 1.165) is 0 Å². The largest absolute Gasteiger partial charge is 0.0991 e. The molecule has 0 radical (unpaired) electrons. The smallest absolute Gasteiger partial charge is 0.0348 e. The molecule has 0 aromatic heterocycles. The van der Waals surface area contributed by atoms with Gasteiger partial charge in [-0.05, 0) is 12.8 Å². The molecular weight excluding hydrogens is 228 g/mol. The molecule has 0 unspecified atom stereocenters. The predicted molar refractivity (Wildman–Crippen MR) is 89.2 cm³/mol. The Morgan fingerprint density at radius 3 is 1.58 bits per heavy atom. The van der Waals surface area contributed by atoms with Gasteiger partial charge in [0.1, 0.15) is 0 Å². The zero-order chi connectivity index (χ0) is 14.0. The molecule has 0 saturated heterocycles. The molecule has 0 aromatic carbocycles. The van der Waals surface area contributed by atoms with Crippen LogP contribution in [0.15, 0.2) is 85.6 Å². The summed E-state index contributed by atoms with van der Waals surface area (Å²) in [7, 11) is 0. The second kappa shape index (κ2) is 16.2. The monoisotopic (exact) mass is 254 g/mol. The molecule has 0 aromatic rings. The van der Waals surface area contributed by atoms with Crippen molar-refractivity contribution in [1.82, 2.24) is 0 Å². The van der Waals surface area contributed by atoms with Gasteiger partial charge in [0.15, 0.2) is 0 Å². The lowest BCUT2D eigenvalue weighted by molar-refractivity contribution is 0.729. The van der Waals surface area contributed by atoms with Crippen LogP contribution in [-0.4, -0.2) is 0 Å². The number of hydrogen-bond donors (Lipinski definition) is 0. The minimum atomic E-state index is 1.19. The summed E-state index contributed by atoms with van der Waals surface area (Å²) in [6.07, 6.45) is 31.2. The summed E-state index contributed by atoms with van der Waals surface area (Å²) in [6.45, 7) is 5.83. The van der Waals surface area contributed by atoms with E-state index in [4.69, 9.17) is 0 Å². The van der Waals surface area contributed by atoms with Crippen LogP contribution in [0, 0.1) is 0 Å². The highest BCUT2D eigenvalue weighted by Gasteiger charge is 1.79. The van der Waals surface area contributed by atoms with Crippen LogP contribution in [0.3, 0.4) is 0 Å². The molecule has 0 nitrogen and oxygen atoms in total. The predicted octanol–water partition coefficient (Wildman–Crippen LogP) is 6.09. The Kier molecular flexibility index (Phi) is 14.6.